The zero-order valence-corrected chi connectivity index (χ0v) is 14.2. The lowest BCUT2D eigenvalue weighted by molar-refractivity contribution is -0.152. The van der Waals surface area contributed by atoms with Gasteiger partial charge in [-0.2, -0.15) is 0 Å². The van der Waals surface area contributed by atoms with Crippen LogP contribution in [0, 0.1) is 5.82 Å². The molecule has 0 saturated heterocycles. The van der Waals surface area contributed by atoms with Crippen molar-refractivity contribution in [2.75, 3.05) is 5.32 Å². The van der Waals surface area contributed by atoms with Crippen LogP contribution >= 0.6 is 23.2 Å². The number of ether oxygens (including phenoxy) is 1. The molecule has 0 aliphatic heterocycles. The number of carbonyl (C=O) groups excluding carboxylic acids is 2. The van der Waals surface area contributed by atoms with Crippen LogP contribution in [0.25, 0.3) is 0 Å². The summed E-state index contributed by atoms with van der Waals surface area (Å²) < 4.78 is 18.5. The first kappa shape index (κ1) is 18.2. The maximum Gasteiger partial charge on any atom is 0.311 e. The van der Waals surface area contributed by atoms with Crippen molar-refractivity contribution >= 4 is 40.8 Å². The van der Waals surface area contributed by atoms with Crippen LogP contribution in [-0.4, -0.2) is 18.0 Å². The average Bonchev–Trinajstić information content (AvgIpc) is 2.53. The first-order chi connectivity index (χ1) is 11.4. The lowest BCUT2D eigenvalue weighted by Gasteiger charge is -2.14. The standard InChI is InChI=1S/C17H14Cl2FNO3/c1-10(17(23)21-15-8-3-2-7-14(15)20)24-16(22)9-11-12(18)5-4-6-13(11)19/h2-8,10H,9H2,1H3,(H,21,23)/t10-/m1/s1. The fourth-order valence-electron chi connectivity index (χ4n) is 1.93. The Bertz CT molecular complexity index is 747. The van der Waals surface area contributed by atoms with E-state index in [9.17, 15) is 14.0 Å². The normalized spacial score (nSPS) is 11.7. The highest BCUT2D eigenvalue weighted by Gasteiger charge is 2.20. The molecule has 2 rings (SSSR count). The van der Waals surface area contributed by atoms with Gasteiger partial charge in [-0.25, -0.2) is 4.39 Å². The van der Waals surface area contributed by atoms with Gasteiger partial charge in [0, 0.05) is 15.6 Å². The van der Waals surface area contributed by atoms with Crippen LogP contribution in [0.2, 0.25) is 10.0 Å². The van der Waals surface area contributed by atoms with Gasteiger partial charge in [-0.05, 0) is 31.2 Å². The molecule has 1 atom stereocenters. The lowest BCUT2D eigenvalue weighted by atomic mass is 10.1. The highest BCUT2D eigenvalue weighted by Crippen LogP contribution is 2.25. The van der Waals surface area contributed by atoms with E-state index in [1.54, 1.807) is 24.3 Å². The third kappa shape index (κ3) is 4.69. The van der Waals surface area contributed by atoms with E-state index in [1.165, 1.54) is 25.1 Å². The second-order valence-corrected chi connectivity index (χ2v) is 5.79. The van der Waals surface area contributed by atoms with Gasteiger partial charge in [0.05, 0.1) is 12.1 Å². The molecule has 4 nitrogen and oxygen atoms in total. The van der Waals surface area contributed by atoms with Crippen molar-refractivity contribution in [3.63, 3.8) is 0 Å². The summed E-state index contributed by atoms with van der Waals surface area (Å²) in [6.45, 7) is 1.39. The number of para-hydroxylation sites is 1. The zero-order valence-electron chi connectivity index (χ0n) is 12.7. The number of esters is 1. The molecule has 0 aromatic heterocycles. The summed E-state index contributed by atoms with van der Waals surface area (Å²) in [5.74, 6) is -1.88. The van der Waals surface area contributed by atoms with E-state index >= 15 is 0 Å². The molecule has 126 valence electrons. The first-order valence-corrected chi connectivity index (χ1v) is 7.82. The molecule has 0 heterocycles. The lowest BCUT2D eigenvalue weighted by Crippen LogP contribution is -2.30. The van der Waals surface area contributed by atoms with Crippen LogP contribution in [-0.2, 0) is 20.7 Å². The Kier molecular flexibility index (Phi) is 6.17. The highest BCUT2D eigenvalue weighted by molar-refractivity contribution is 6.36. The van der Waals surface area contributed by atoms with E-state index in [1.807, 2.05) is 0 Å². The third-order valence-electron chi connectivity index (χ3n) is 3.19. The maximum absolute atomic E-state index is 13.5. The topological polar surface area (TPSA) is 55.4 Å². The molecule has 2 aromatic carbocycles. The van der Waals surface area contributed by atoms with E-state index in [0.29, 0.717) is 15.6 Å². The van der Waals surface area contributed by atoms with Gasteiger partial charge in [0.15, 0.2) is 6.10 Å². The molecule has 0 aliphatic rings. The number of rotatable bonds is 5. The Morgan fingerprint density at radius 3 is 2.38 bits per heavy atom. The number of hydrogen-bond donors (Lipinski definition) is 1. The summed E-state index contributed by atoms with van der Waals surface area (Å²) in [6, 6.07) is 10.6. The molecular formula is C17H14Cl2FNO3. The van der Waals surface area contributed by atoms with Crippen LogP contribution in [0.1, 0.15) is 12.5 Å². The fourth-order valence-corrected chi connectivity index (χ4v) is 2.47. The van der Waals surface area contributed by atoms with Crippen molar-refractivity contribution in [2.45, 2.75) is 19.4 Å². The number of carbonyl (C=O) groups is 2. The fraction of sp³-hybridized carbons (Fsp3) is 0.176. The van der Waals surface area contributed by atoms with Gasteiger partial charge in [0.25, 0.3) is 5.91 Å². The van der Waals surface area contributed by atoms with Crippen LogP contribution < -0.4 is 5.32 Å². The molecule has 1 N–H and O–H groups in total. The number of benzene rings is 2. The molecule has 0 saturated carbocycles. The summed E-state index contributed by atoms with van der Waals surface area (Å²) in [5.41, 5.74) is 0.437. The Balaban J connectivity index is 1.96. The second-order valence-electron chi connectivity index (χ2n) is 4.98. The molecule has 0 aliphatic carbocycles. The predicted molar refractivity (Wildman–Crippen MR) is 90.7 cm³/mol. The largest absolute Gasteiger partial charge is 0.452 e. The smallest absolute Gasteiger partial charge is 0.311 e. The molecule has 2 aromatic rings. The molecule has 7 heteroatoms. The number of anilines is 1. The molecule has 0 bridgehead atoms. The third-order valence-corrected chi connectivity index (χ3v) is 3.90. The first-order valence-electron chi connectivity index (χ1n) is 7.06. The summed E-state index contributed by atoms with van der Waals surface area (Å²) in [5, 5.41) is 3.03. The summed E-state index contributed by atoms with van der Waals surface area (Å²) in [4.78, 5) is 23.9. The van der Waals surface area contributed by atoms with Crippen molar-refractivity contribution in [2.24, 2.45) is 0 Å². The molecule has 0 spiro atoms. The molecular weight excluding hydrogens is 356 g/mol. The monoisotopic (exact) mass is 369 g/mol. The molecule has 24 heavy (non-hydrogen) atoms. The van der Waals surface area contributed by atoms with Crippen molar-refractivity contribution < 1.29 is 18.7 Å². The van der Waals surface area contributed by atoms with Crippen molar-refractivity contribution in [3.8, 4) is 0 Å². The SMILES string of the molecule is C[C@@H](OC(=O)Cc1c(Cl)cccc1Cl)C(=O)Nc1ccccc1F. The van der Waals surface area contributed by atoms with Gasteiger partial charge >= 0.3 is 5.97 Å². The average molecular weight is 370 g/mol. The van der Waals surface area contributed by atoms with E-state index in [2.05, 4.69) is 5.32 Å². The number of hydrogen-bond acceptors (Lipinski definition) is 3. The van der Waals surface area contributed by atoms with Crippen LogP contribution in [0.4, 0.5) is 10.1 Å². The number of halogens is 3. The van der Waals surface area contributed by atoms with E-state index in [-0.39, 0.29) is 12.1 Å². The van der Waals surface area contributed by atoms with E-state index in [0.717, 1.165) is 0 Å². The minimum absolute atomic E-state index is 0.0135. The molecule has 0 radical (unpaired) electrons. The van der Waals surface area contributed by atoms with E-state index in [4.69, 9.17) is 27.9 Å². The van der Waals surface area contributed by atoms with Crippen molar-refractivity contribution in [3.05, 3.63) is 63.9 Å². The minimum atomic E-state index is -1.10. The summed E-state index contributed by atoms with van der Waals surface area (Å²) >= 11 is 12.0. The Labute approximate surface area is 148 Å². The van der Waals surface area contributed by atoms with Gasteiger partial charge in [-0.1, -0.05) is 41.4 Å². The van der Waals surface area contributed by atoms with Gasteiger partial charge in [0.2, 0.25) is 0 Å². The predicted octanol–water partition coefficient (Wildman–Crippen LogP) is 4.25. The van der Waals surface area contributed by atoms with Crippen LogP contribution in [0.3, 0.4) is 0 Å². The highest BCUT2D eigenvalue weighted by atomic mass is 35.5. The van der Waals surface area contributed by atoms with Crippen LogP contribution in [0.5, 0.6) is 0 Å². The van der Waals surface area contributed by atoms with Gasteiger partial charge in [0.1, 0.15) is 5.82 Å². The number of amides is 1. The van der Waals surface area contributed by atoms with Gasteiger partial charge in [-0.15, -0.1) is 0 Å². The second kappa shape index (κ2) is 8.13. The van der Waals surface area contributed by atoms with E-state index < -0.39 is 23.8 Å². The Hall–Kier alpha value is -2.11. The van der Waals surface area contributed by atoms with Crippen molar-refractivity contribution in [1.82, 2.24) is 0 Å². The van der Waals surface area contributed by atoms with Gasteiger partial charge < -0.3 is 10.1 Å². The van der Waals surface area contributed by atoms with Crippen LogP contribution in [0.15, 0.2) is 42.5 Å². The Morgan fingerprint density at radius 1 is 1.12 bits per heavy atom. The Morgan fingerprint density at radius 2 is 1.75 bits per heavy atom. The molecule has 0 unspecified atom stereocenters. The minimum Gasteiger partial charge on any atom is -0.452 e. The molecule has 0 fully saturated rings. The van der Waals surface area contributed by atoms with Crippen molar-refractivity contribution in [1.29, 1.82) is 0 Å². The quantitative estimate of drug-likeness (QED) is 0.801. The van der Waals surface area contributed by atoms with Gasteiger partial charge in [-0.3, -0.25) is 9.59 Å². The summed E-state index contributed by atoms with van der Waals surface area (Å²) in [6.07, 6.45) is -1.27. The number of nitrogens with one attached hydrogen (secondary N) is 1. The summed E-state index contributed by atoms with van der Waals surface area (Å²) in [7, 11) is 0. The zero-order chi connectivity index (χ0) is 17.7. The molecule has 1 amide bonds. The maximum atomic E-state index is 13.5.